The van der Waals surface area contributed by atoms with E-state index in [1.54, 1.807) is 0 Å². The van der Waals surface area contributed by atoms with Crippen molar-refractivity contribution in [3.8, 4) is 16.9 Å². The summed E-state index contributed by atoms with van der Waals surface area (Å²) < 4.78 is 11.4. The number of aryl methyl sites for hydroxylation is 1. The van der Waals surface area contributed by atoms with Crippen LogP contribution in [0.1, 0.15) is 5.69 Å². The molecule has 0 spiro atoms. The zero-order valence-corrected chi connectivity index (χ0v) is 12.2. The molecule has 1 unspecified atom stereocenters. The quantitative estimate of drug-likeness (QED) is 0.936. The number of benzene rings is 1. The number of nitrogens with one attached hydrogen (secondary N) is 1. The topological polar surface area (TPSA) is 43.4 Å². The van der Waals surface area contributed by atoms with Crippen molar-refractivity contribution >= 4 is 0 Å². The third-order valence-corrected chi connectivity index (χ3v) is 3.54. The summed E-state index contributed by atoms with van der Waals surface area (Å²) >= 11 is 0. The normalized spacial score (nSPS) is 18.4. The average Bonchev–Trinajstić information content (AvgIpc) is 2.55. The van der Waals surface area contributed by atoms with Crippen LogP contribution >= 0.6 is 0 Å². The summed E-state index contributed by atoms with van der Waals surface area (Å²) in [6.45, 7) is 5.11. The second-order valence-corrected chi connectivity index (χ2v) is 5.22. The van der Waals surface area contributed by atoms with Gasteiger partial charge in [0.2, 0.25) is 0 Å². The number of hydrogen-bond acceptors (Lipinski definition) is 4. The summed E-state index contributed by atoms with van der Waals surface area (Å²) in [7, 11) is 0. The minimum absolute atomic E-state index is 0.139. The zero-order valence-electron chi connectivity index (χ0n) is 12.2. The van der Waals surface area contributed by atoms with Crippen LogP contribution in [0, 0.1) is 6.92 Å². The molecule has 0 aliphatic carbocycles. The van der Waals surface area contributed by atoms with Crippen LogP contribution in [-0.4, -0.2) is 37.4 Å². The largest absolute Gasteiger partial charge is 0.491 e. The van der Waals surface area contributed by atoms with Gasteiger partial charge in [0.05, 0.1) is 6.61 Å². The van der Waals surface area contributed by atoms with Crippen molar-refractivity contribution in [1.29, 1.82) is 0 Å². The fraction of sp³-hybridized carbons (Fsp3) is 0.353. The van der Waals surface area contributed by atoms with E-state index in [-0.39, 0.29) is 6.10 Å². The van der Waals surface area contributed by atoms with Gasteiger partial charge in [0, 0.05) is 30.5 Å². The van der Waals surface area contributed by atoms with Crippen molar-refractivity contribution in [2.75, 3.05) is 26.3 Å². The predicted molar refractivity (Wildman–Crippen MR) is 82.5 cm³/mol. The molecule has 0 radical (unpaired) electrons. The first kappa shape index (κ1) is 14.0. The monoisotopic (exact) mass is 284 g/mol. The first-order valence-corrected chi connectivity index (χ1v) is 7.29. The molecule has 2 heterocycles. The number of nitrogens with zero attached hydrogens (tertiary/aromatic N) is 1. The lowest BCUT2D eigenvalue weighted by atomic mass is 10.1. The molecule has 1 aliphatic rings. The van der Waals surface area contributed by atoms with Crippen LogP contribution in [0.4, 0.5) is 0 Å². The molecular weight excluding hydrogens is 264 g/mol. The van der Waals surface area contributed by atoms with E-state index in [4.69, 9.17) is 9.47 Å². The van der Waals surface area contributed by atoms with Crippen molar-refractivity contribution in [3.05, 3.63) is 48.3 Å². The third kappa shape index (κ3) is 3.80. The lowest BCUT2D eigenvalue weighted by molar-refractivity contribution is 0.000198. The van der Waals surface area contributed by atoms with Gasteiger partial charge in [0.1, 0.15) is 18.5 Å². The SMILES string of the molecule is Cc1ccc(-c2ccc(OCC3CNCCO3)cc2)cn1. The molecule has 1 fully saturated rings. The van der Waals surface area contributed by atoms with E-state index in [1.165, 1.54) is 0 Å². The first-order chi connectivity index (χ1) is 10.3. The Labute approximate surface area is 125 Å². The Morgan fingerprint density at radius 1 is 1.19 bits per heavy atom. The van der Waals surface area contributed by atoms with Gasteiger partial charge >= 0.3 is 0 Å². The van der Waals surface area contributed by atoms with Crippen LogP contribution in [0.2, 0.25) is 0 Å². The highest BCUT2D eigenvalue weighted by molar-refractivity contribution is 5.63. The molecule has 1 aromatic carbocycles. The number of pyridine rings is 1. The Balaban J connectivity index is 1.59. The molecule has 1 saturated heterocycles. The standard InChI is InChI=1S/C17H20N2O2/c1-13-2-3-15(10-19-13)14-4-6-16(7-5-14)21-12-17-11-18-8-9-20-17/h2-7,10,17-18H,8-9,11-12H2,1H3. The van der Waals surface area contributed by atoms with Crippen molar-refractivity contribution in [2.24, 2.45) is 0 Å². The summed E-state index contributed by atoms with van der Waals surface area (Å²) in [5.74, 6) is 0.869. The van der Waals surface area contributed by atoms with Crippen LogP contribution in [0.3, 0.4) is 0 Å². The minimum atomic E-state index is 0.139. The highest BCUT2D eigenvalue weighted by atomic mass is 16.5. The van der Waals surface area contributed by atoms with Gasteiger partial charge in [0.15, 0.2) is 0 Å². The molecule has 110 valence electrons. The van der Waals surface area contributed by atoms with E-state index in [2.05, 4.69) is 28.5 Å². The summed E-state index contributed by atoms with van der Waals surface area (Å²) in [5.41, 5.74) is 3.29. The molecule has 0 saturated carbocycles. The lowest BCUT2D eigenvalue weighted by Crippen LogP contribution is -2.41. The second-order valence-electron chi connectivity index (χ2n) is 5.22. The summed E-state index contributed by atoms with van der Waals surface area (Å²) in [4.78, 5) is 4.32. The maximum Gasteiger partial charge on any atom is 0.119 e. The number of rotatable bonds is 4. The van der Waals surface area contributed by atoms with E-state index < -0.39 is 0 Å². The Bertz CT molecular complexity index is 560. The molecule has 0 bridgehead atoms. The van der Waals surface area contributed by atoms with Gasteiger partial charge in [0.25, 0.3) is 0 Å². The van der Waals surface area contributed by atoms with Crippen LogP contribution < -0.4 is 10.1 Å². The summed E-state index contributed by atoms with van der Waals surface area (Å²) in [5, 5.41) is 3.29. The Hall–Kier alpha value is -1.91. The number of ether oxygens (including phenoxy) is 2. The van der Waals surface area contributed by atoms with E-state index in [0.29, 0.717) is 6.61 Å². The molecule has 0 amide bonds. The van der Waals surface area contributed by atoms with E-state index in [0.717, 1.165) is 42.3 Å². The van der Waals surface area contributed by atoms with E-state index in [9.17, 15) is 0 Å². The molecule has 4 heteroatoms. The smallest absolute Gasteiger partial charge is 0.119 e. The molecule has 1 aliphatic heterocycles. The number of hydrogen-bond donors (Lipinski definition) is 1. The van der Waals surface area contributed by atoms with E-state index >= 15 is 0 Å². The lowest BCUT2D eigenvalue weighted by Gasteiger charge is -2.23. The van der Waals surface area contributed by atoms with Crippen LogP contribution in [-0.2, 0) is 4.74 Å². The first-order valence-electron chi connectivity index (χ1n) is 7.29. The Morgan fingerprint density at radius 2 is 2.00 bits per heavy atom. The molecule has 1 N–H and O–H groups in total. The average molecular weight is 284 g/mol. The van der Waals surface area contributed by atoms with Crippen LogP contribution in [0.15, 0.2) is 42.6 Å². The molecule has 2 aromatic rings. The van der Waals surface area contributed by atoms with Crippen LogP contribution in [0.25, 0.3) is 11.1 Å². The van der Waals surface area contributed by atoms with Gasteiger partial charge in [-0.15, -0.1) is 0 Å². The van der Waals surface area contributed by atoms with Crippen molar-refractivity contribution < 1.29 is 9.47 Å². The van der Waals surface area contributed by atoms with Crippen molar-refractivity contribution in [2.45, 2.75) is 13.0 Å². The highest BCUT2D eigenvalue weighted by Crippen LogP contribution is 2.22. The molecule has 21 heavy (non-hydrogen) atoms. The molecular formula is C17H20N2O2. The van der Waals surface area contributed by atoms with Gasteiger partial charge in [-0.1, -0.05) is 18.2 Å². The van der Waals surface area contributed by atoms with Crippen molar-refractivity contribution in [3.63, 3.8) is 0 Å². The van der Waals surface area contributed by atoms with Crippen LogP contribution in [0.5, 0.6) is 5.75 Å². The third-order valence-electron chi connectivity index (χ3n) is 3.54. The number of morpholine rings is 1. The maximum atomic E-state index is 5.77. The predicted octanol–water partition coefficient (Wildman–Crippen LogP) is 2.42. The van der Waals surface area contributed by atoms with Gasteiger partial charge in [-0.2, -0.15) is 0 Å². The summed E-state index contributed by atoms with van der Waals surface area (Å²) in [6, 6.07) is 12.2. The second kappa shape index (κ2) is 6.70. The molecule has 3 rings (SSSR count). The van der Waals surface area contributed by atoms with Crippen molar-refractivity contribution in [1.82, 2.24) is 10.3 Å². The zero-order chi connectivity index (χ0) is 14.5. The highest BCUT2D eigenvalue weighted by Gasteiger charge is 2.13. The van der Waals surface area contributed by atoms with Gasteiger partial charge in [-0.05, 0) is 30.7 Å². The van der Waals surface area contributed by atoms with Gasteiger partial charge in [-0.25, -0.2) is 0 Å². The van der Waals surface area contributed by atoms with Gasteiger partial charge < -0.3 is 14.8 Å². The molecule has 1 aromatic heterocycles. The van der Waals surface area contributed by atoms with E-state index in [1.807, 2.05) is 31.3 Å². The summed E-state index contributed by atoms with van der Waals surface area (Å²) in [6.07, 6.45) is 2.03. The van der Waals surface area contributed by atoms with Gasteiger partial charge in [-0.3, -0.25) is 4.98 Å². The minimum Gasteiger partial charge on any atom is -0.491 e. The fourth-order valence-corrected chi connectivity index (χ4v) is 2.30. The number of aromatic nitrogens is 1. The Morgan fingerprint density at radius 3 is 2.67 bits per heavy atom. The molecule has 4 nitrogen and oxygen atoms in total. The maximum absolute atomic E-state index is 5.77. The molecule has 1 atom stereocenters. The fourth-order valence-electron chi connectivity index (χ4n) is 2.30. The Kier molecular flexibility index (Phi) is 4.48.